The molecule has 0 unspecified atom stereocenters. The molecule has 2 aromatic carbocycles. The van der Waals surface area contributed by atoms with Crippen molar-refractivity contribution in [1.82, 2.24) is 19.9 Å². The van der Waals surface area contributed by atoms with Gasteiger partial charge in [-0.3, -0.25) is 9.78 Å². The van der Waals surface area contributed by atoms with Gasteiger partial charge >= 0.3 is 0 Å². The number of halogens is 1. The lowest BCUT2D eigenvalue weighted by molar-refractivity contribution is 0.0932. The minimum atomic E-state index is -0.336. The van der Waals surface area contributed by atoms with Crippen LogP contribution in [-0.4, -0.2) is 26.3 Å². The average Bonchev–Trinajstić information content (AvgIpc) is 3.33. The number of nitrogens with two attached hydrogens (primary N) is 1. The minimum absolute atomic E-state index is 0.218. The number of benzene rings is 2. The molecule has 1 atom stereocenters. The molecule has 1 amide bonds. The van der Waals surface area contributed by atoms with Crippen molar-refractivity contribution in [3.63, 3.8) is 0 Å². The van der Waals surface area contributed by atoms with Crippen LogP contribution in [-0.2, 0) is 6.54 Å². The molecule has 0 aliphatic carbocycles. The van der Waals surface area contributed by atoms with Crippen molar-refractivity contribution in [1.29, 1.82) is 0 Å². The number of nitrogens with one attached hydrogen (secondary N) is 1. The van der Waals surface area contributed by atoms with Gasteiger partial charge in [-0.15, -0.1) is 0 Å². The molecule has 0 aliphatic heterocycles. The lowest BCUT2D eigenvalue weighted by Crippen LogP contribution is -2.31. The Morgan fingerprint density at radius 1 is 1.15 bits per heavy atom. The topological polar surface area (TPSA) is 98.2 Å². The predicted molar refractivity (Wildman–Crippen MR) is 130 cm³/mol. The highest BCUT2D eigenvalue weighted by Crippen LogP contribution is 2.26. The molecule has 4 rings (SSSR count). The lowest BCUT2D eigenvalue weighted by atomic mass is 10.0. The molecule has 0 spiro atoms. The van der Waals surface area contributed by atoms with E-state index < -0.39 is 0 Å². The Morgan fingerprint density at radius 3 is 2.64 bits per heavy atom. The summed E-state index contributed by atoms with van der Waals surface area (Å²) in [7, 11) is 0. The molecular formula is C25H23ClN6O. The van der Waals surface area contributed by atoms with Crippen LogP contribution in [0, 0.1) is 6.92 Å². The van der Waals surface area contributed by atoms with Gasteiger partial charge in [0.2, 0.25) is 0 Å². The van der Waals surface area contributed by atoms with Crippen molar-refractivity contribution in [3.05, 3.63) is 113 Å². The molecule has 0 fully saturated rings. The number of carbonyl (C=O) groups is 1. The van der Waals surface area contributed by atoms with E-state index in [1.807, 2.05) is 48.0 Å². The molecule has 3 N–H and O–H groups in total. The number of rotatable bonds is 7. The first-order valence-electron chi connectivity index (χ1n) is 10.4. The maximum Gasteiger partial charge on any atom is 0.251 e. The zero-order chi connectivity index (χ0) is 23.2. The predicted octanol–water partition coefficient (Wildman–Crippen LogP) is 4.45. The summed E-state index contributed by atoms with van der Waals surface area (Å²) in [5, 5.41) is 3.70. The quantitative estimate of drug-likeness (QED) is 0.316. The third kappa shape index (κ3) is 5.64. The summed E-state index contributed by atoms with van der Waals surface area (Å²) < 4.78 is 1.90. The third-order valence-electron chi connectivity index (χ3n) is 5.10. The number of hydrogen-bond donors (Lipinski definition) is 2. The molecule has 2 heterocycles. The highest BCUT2D eigenvalue weighted by Gasteiger charge is 2.19. The van der Waals surface area contributed by atoms with Crippen LogP contribution in [0.3, 0.4) is 0 Å². The standard InChI is InChI=1S/C25H23ClN6O/c1-17-5-10-20(21(26)14-17)23(15-32-13-12-28-16-32)31-25(33)18-6-8-19(9-7-18)30-24(27)22-4-2-3-11-29-22/h2-14,16,23H,15H2,1H3,(H2,27,30)(H,31,33)/t23-/m0/s1. The molecular weight excluding hydrogens is 436 g/mol. The van der Waals surface area contributed by atoms with Crippen LogP contribution in [0.2, 0.25) is 5.02 Å². The molecule has 166 valence electrons. The highest BCUT2D eigenvalue weighted by molar-refractivity contribution is 6.31. The van der Waals surface area contributed by atoms with Crippen LogP contribution in [0.5, 0.6) is 0 Å². The largest absolute Gasteiger partial charge is 0.382 e. The molecule has 33 heavy (non-hydrogen) atoms. The summed E-state index contributed by atoms with van der Waals surface area (Å²) >= 11 is 6.51. The fourth-order valence-electron chi connectivity index (χ4n) is 3.38. The zero-order valence-corrected chi connectivity index (χ0v) is 18.8. The third-order valence-corrected chi connectivity index (χ3v) is 5.42. The second kappa shape index (κ2) is 10.1. The van der Waals surface area contributed by atoms with Gasteiger partial charge < -0.3 is 15.6 Å². The Kier molecular flexibility index (Phi) is 6.80. The van der Waals surface area contributed by atoms with E-state index >= 15 is 0 Å². The molecule has 0 bridgehead atoms. The van der Waals surface area contributed by atoms with E-state index in [1.54, 1.807) is 49.1 Å². The number of carbonyl (C=O) groups excluding carboxylic acids is 1. The Labute approximate surface area is 197 Å². The number of amides is 1. The summed E-state index contributed by atoms with van der Waals surface area (Å²) in [5.41, 5.74) is 9.66. The van der Waals surface area contributed by atoms with Crippen LogP contribution in [0.4, 0.5) is 5.69 Å². The molecule has 4 aromatic rings. The van der Waals surface area contributed by atoms with Gasteiger partial charge in [0.15, 0.2) is 0 Å². The molecule has 2 aromatic heterocycles. The van der Waals surface area contributed by atoms with Gasteiger partial charge in [-0.25, -0.2) is 9.98 Å². The van der Waals surface area contributed by atoms with Gasteiger partial charge in [0.05, 0.1) is 18.1 Å². The van der Waals surface area contributed by atoms with Gasteiger partial charge in [0.25, 0.3) is 5.91 Å². The smallest absolute Gasteiger partial charge is 0.251 e. The summed E-state index contributed by atoms with van der Waals surface area (Å²) in [6.07, 6.45) is 6.91. The maximum atomic E-state index is 13.0. The zero-order valence-electron chi connectivity index (χ0n) is 18.0. The molecule has 0 radical (unpaired) electrons. The second-order valence-corrected chi connectivity index (χ2v) is 7.98. The van der Waals surface area contributed by atoms with E-state index in [-0.39, 0.29) is 11.9 Å². The van der Waals surface area contributed by atoms with Gasteiger partial charge in [0, 0.05) is 35.7 Å². The van der Waals surface area contributed by atoms with E-state index in [9.17, 15) is 4.79 Å². The monoisotopic (exact) mass is 458 g/mol. The average molecular weight is 459 g/mol. The number of nitrogens with zero attached hydrogens (tertiary/aromatic N) is 4. The SMILES string of the molecule is Cc1ccc([C@H](Cn2ccnc2)NC(=O)c2ccc(N=C(N)c3ccccn3)cc2)c(Cl)c1. The van der Waals surface area contributed by atoms with Crippen molar-refractivity contribution in [3.8, 4) is 0 Å². The normalized spacial score (nSPS) is 12.4. The van der Waals surface area contributed by atoms with E-state index in [4.69, 9.17) is 17.3 Å². The minimum Gasteiger partial charge on any atom is -0.382 e. The van der Waals surface area contributed by atoms with E-state index in [1.165, 1.54) is 0 Å². The number of hydrogen-bond acceptors (Lipinski definition) is 4. The first kappa shape index (κ1) is 22.2. The highest BCUT2D eigenvalue weighted by atomic mass is 35.5. The van der Waals surface area contributed by atoms with Crippen molar-refractivity contribution >= 4 is 29.0 Å². The van der Waals surface area contributed by atoms with Gasteiger partial charge in [-0.2, -0.15) is 0 Å². The van der Waals surface area contributed by atoms with Crippen molar-refractivity contribution < 1.29 is 4.79 Å². The summed E-state index contributed by atoms with van der Waals surface area (Å²) in [6, 6.07) is 17.8. The van der Waals surface area contributed by atoms with Crippen LogP contribution in [0.15, 0.2) is 90.6 Å². The first-order chi connectivity index (χ1) is 16.0. The summed E-state index contributed by atoms with van der Waals surface area (Å²) in [4.78, 5) is 25.7. The Balaban J connectivity index is 1.53. The lowest BCUT2D eigenvalue weighted by Gasteiger charge is -2.21. The number of amidine groups is 1. The van der Waals surface area contributed by atoms with Crippen LogP contribution < -0.4 is 11.1 Å². The summed E-state index contributed by atoms with van der Waals surface area (Å²) in [5.74, 6) is 0.0900. The molecule has 7 nitrogen and oxygen atoms in total. The number of imidazole rings is 1. The molecule has 0 saturated heterocycles. The first-order valence-corrected chi connectivity index (χ1v) is 10.8. The van der Waals surface area contributed by atoms with Crippen molar-refractivity contribution in [2.24, 2.45) is 10.7 Å². The fraction of sp³-hybridized carbons (Fsp3) is 0.120. The summed E-state index contributed by atoms with van der Waals surface area (Å²) in [6.45, 7) is 2.47. The maximum absolute atomic E-state index is 13.0. The van der Waals surface area contributed by atoms with Gasteiger partial charge in [0.1, 0.15) is 11.5 Å². The van der Waals surface area contributed by atoms with Crippen LogP contribution >= 0.6 is 11.6 Å². The van der Waals surface area contributed by atoms with Gasteiger partial charge in [-0.05, 0) is 60.5 Å². The van der Waals surface area contributed by atoms with Gasteiger partial charge in [-0.1, -0.05) is 29.8 Å². The fourth-order valence-corrected chi connectivity index (χ4v) is 3.75. The molecule has 0 saturated carbocycles. The van der Waals surface area contributed by atoms with E-state index in [0.29, 0.717) is 34.3 Å². The number of aromatic nitrogens is 3. The van der Waals surface area contributed by atoms with Crippen LogP contribution in [0.25, 0.3) is 0 Å². The number of pyridine rings is 1. The van der Waals surface area contributed by atoms with Crippen molar-refractivity contribution in [2.45, 2.75) is 19.5 Å². The molecule has 0 aliphatic rings. The van der Waals surface area contributed by atoms with Crippen molar-refractivity contribution in [2.75, 3.05) is 0 Å². The Morgan fingerprint density at radius 2 is 1.97 bits per heavy atom. The van der Waals surface area contributed by atoms with E-state index in [0.717, 1.165) is 11.1 Å². The second-order valence-electron chi connectivity index (χ2n) is 7.57. The Hall–Kier alpha value is -3.97. The molecule has 8 heteroatoms. The number of aryl methyl sites for hydroxylation is 1. The van der Waals surface area contributed by atoms with Crippen LogP contribution in [0.1, 0.15) is 33.2 Å². The van der Waals surface area contributed by atoms with E-state index in [2.05, 4.69) is 20.3 Å². The number of aliphatic imine (C=N–C) groups is 1. The Bertz CT molecular complexity index is 1250.